The molecule has 0 saturated heterocycles. The fourth-order valence-electron chi connectivity index (χ4n) is 2.25. The average Bonchev–Trinajstić information content (AvgIpc) is 3.11. The van der Waals surface area contributed by atoms with Crippen LogP contribution in [0.5, 0.6) is 0 Å². The lowest BCUT2D eigenvalue weighted by Gasteiger charge is -2.17. The fourth-order valence-corrected chi connectivity index (χ4v) is 2.25. The highest BCUT2D eigenvalue weighted by Gasteiger charge is 2.35. The first-order chi connectivity index (χ1) is 9.27. The Morgan fingerprint density at radius 1 is 1.45 bits per heavy atom. The van der Waals surface area contributed by atoms with E-state index in [9.17, 15) is 18.0 Å². The molecule has 0 heterocycles. The minimum absolute atomic E-state index is 0.0688. The Kier molecular flexibility index (Phi) is 3.92. The second-order valence-electron chi connectivity index (χ2n) is 5.29. The second-order valence-corrected chi connectivity index (χ2v) is 5.29. The smallest absolute Gasteiger partial charge is 0.417 e. The molecule has 1 aromatic rings. The first kappa shape index (κ1) is 14.7. The zero-order valence-corrected chi connectivity index (χ0v) is 11.0. The summed E-state index contributed by atoms with van der Waals surface area (Å²) in [6, 6.07) is 3.31. The molecule has 1 unspecified atom stereocenters. The predicted octanol–water partition coefficient (Wildman–Crippen LogP) is 4.00. The van der Waals surface area contributed by atoms with Crippen molar-refractivity contribution in [2.45, 2.75) is 38.4 Å². The third-order valence-corrected chi connectivity index (χ3v) is 3.35. The molecule has 0 aliphatic heterocycles. The SMILES string of the molecule is CC(CC1CC1)Nc1ccc(C(=O)O)c(C(F)(F)F)c1. The van der Waals surface area contributed by atoms with E-state index in [2.05, 4.69) is 5.32 Å². The topological polar surface area (TPSA) is 49.3 Å². The van der Waals surface area contributed by atoms with E-state index in [0.717, 1.165) is 18.6 Å². The van der Waals surface area contributed by atoms with Crippen molar-refractivity contribution in [3.63, 3.8) is 0 Å². The molecule has 0 spiro atoms. The van der Waals surface area contributed by atoms with Crippen molar-refractivity contribution in [2.24, 2.45) is 5.92 Å². The van der Waals surface area contributed by atoms with E-state index in [1.165, 1.54) is 18.9 Å². The molecule has 0 aromatic heterocycles. The number of benzene rings is 1. The molecule has 1 aliphatic carbocycles. The van der Waals surface area contributed by atoms with Crippen LogP contribution in [-0.2, 0) is 6.18 Å². The Morgan fingerprint density at radius 3 is 2.60 bits per heavy atom. The van der Waals surface area contributed by atoms with Crippen LogP contribution >= 0.6 is 0 Å². The molecule has 110 valence electrons. The summed E-state index contributed by atoms with van der Waals surface area (Å²) in [5, 5.41) is 11.8. The molecule has 0 amide bonds. The van der Waals surface area contributed by atoms with E-state index >= 15 is 0 Å². The summed E-state index contributed by atoms with van der Waals surface area (Å²) in [4.78, 5) is 10.8. The van der Waals surface area contributed by atoms with Gasteiger partial charge in [-0.1, -0.05) is 12.8 Å². The summed E-state index contributed by atoms with van der Waals surface area (Å²) in [5.41, 5.74) is -1.54. The van der Waals surface area contributed by atoms with E-state index < -0.39 is 23.3 Å². The number of carbonyl (C=O) groups is 1. The normalized spacial score (nSPS) is 16.8. The summed E-state index contributed by atoms with van der Waals surface area (Å²) in [5.74, 6) is -0.909. The number of rotatable bonds is 5. The van der Waals surface area contributed by atoms with Gasteiger partial charge < -0.3 is 10.4 Å². The molecule has 1 aliphatic rings. The van der Waals surface area contributed by atoms with E-state index in [0.29, 0.717) is 11.6 Å². The first-order valence-electron chi connectivity index (χ1n) is 6.48. The molecule has 0 bridgehead atoms. The molecular formula is C14H16F3NO2. The molecule has 1 atom stereocenters. The maximum atomic E-state index is 12.9. The lowest BCUT2D eigenvalue weighted by Crippen LogP contribution is -2.18. The van der Waals surface area contributed by atoms with E-state index in [1.807, 2.05) is 6.92 Å². The van der Waals surface area contributed by atoms with Gasteiger partial charge in [0.25, 0.3) is 0 Å². The number of halogens is 3. The van der Waals surface area contributed by atoms with Crippen molar-refractivity contribution >= 4 is 11.7 Å². The van der Waals surface area contributed by atoms with Crippen LogP contribution in [0.4, 0.5) is 18.9 Å². The average molecular weight is 287 g/mol. The van der Waals surface area contributed by atoms with Gasteiger partial charge in [-0.2, -0.15) is 13.2 Å². The van der Waals surface area contributed by atoms with Crippen LogP contribution in [0.2, 0.25) is 0 Å². The number of carboxylic acid groups (broad SMARTS) is 1. The second kappa shape index (κ2) is 5.34. The van der Waals surface area contributed by atoms with Crippen molar-refractivity contribution < 1.29 is 23.1 Å². The standard InChI is InChI=1S/C14H16F3NO2/c1-8(6-9-2-3-9)18-10-4-5-11(13(19)20)12(7-10)14(15,16)17/h4-5,7-9,18H,2-3,6H2,1H3,(H,19,20). The van der Waals surface area contributed by atoms with Gasteiger partial charge in [0, 0.05) is 11.7 Å². The van der Waals surface area contributed by atoms with Gasteiger partial charge in [0.2, 0.25) is 0 Å². The molecule has 2 N–H and O–H groups in total. The number of aromatic carboxylic acids is 1. The molecule has 3 nitrogen and oxygen atoms in total. The maximum absolute atomic E-state index is 12.9. The quantitative estimate of drug-likeness (QED) is 0.860. The summed E-state index contributed by atoms with van der Waals surface area (Å²) >= 11 is 0. The van der Waals surface area contributed by atoms with Crippen molar-refractivity contribution in [3.05, 3.63) is 29.3 Å². The van der Waals surface area contributed by atoms with Gasteiger partial charge in [-0.05, 0) is 37.5 Å². The number of carboxylic acids is 1. The van der Waals surface area contributed by atoms with Crippen LogP contribution in [0.1, 0.15) is 42.1 Å². The van der Waals surface area contributed by atoms with Crippen LogP contribution in [0, 0.1) is 5.92 Å². The Labute approximate surface area is 114 Å². The van der Waals surface area contributed by atoms with Gasteiger partial charge in [0.1, 0.15) is 0 Å². The third kappa shape index (κ3) is 3.65. The van der Waals surface area contributed by atoms with Crippen LogP contribution in [0.25, 0.3) is 0 Å². The molecule has 1 aromatic carbocycles. The van der Waals surface area contributed by atoms with E-state index in [1.54, 1.807) is 0 Å². The van der Waals surface area contributed by atoms with Crippen LogP contribution in [0.3, 0.4) is 0 Å². The Hall–Kier alpha value is -1.72. The van der Waals surface area contributed by atoms with Crippen LogP contribution < -0.4 is 5.32 Å². The summed E-state index contributed by atoms with van der Waals surface area (Å²) in [6.45, 7) is 1.91. The number of anilines is 1. The molecule has 20 heavy (non-hydrogen) atoms. The van der Waals surface area contributed by atoms with Crippen molar-refractivity contribution in [1.29, 1.82) is 0 Å². The third-order valence-electron chi connectivity index (χ3n) is 3.35. The zero-order chi connectivity index (χ0) is 14.9. The number of nitrogens with one attached hydrogen (secondary N) is 1. The Balaban J connectivity index is 2.20. The van der Waals surface area contributed by atoms with Gasteiger partial charge in [0.15, 0.2) is 0 Å². The minimum atomic E-state index is -4.68. The molecule has 2 rings (SSSR count). The van der Waals surface area contributed by atoms with Gasteiger partial charge in [-0.3, -0.25) is 0 Å². The first-order valence-corrected chi connectivity index (χ1v) is 6.48. The number of alkyl halides is 3. The molecular weight excluding hydrogens is 271 g/mol. The van der Waals surface area contributed by atoms with Gasteiger partial charge >= 0.3 is 12.1 Å². The van der Waals surface area contributed by atoms with Crippen LogP contribution in [-0.4, -0.2) is 17.1 Å². The monoisotopic (exact) mass is 287 g/mol. The van der Waals surface area contributed by atoms with E-state index in [4.69, 9.17) is 5.11 Å². The molecule has 6 heteroatoms. The van der Waals surface area contributed by atoms with Crippen molar-refractivity contribution in [2.75, 3.05) is 5.32 Å². The van der Waals surface area contributed by atoms with Gasteiger partial charge in [0.05, 0.1) is 11.1 Å². The lowest BCUT2D eigenvalue weighted by molar-refractivity contribution is -0.138. The molecule has 1 fully saturated rings. The van der Waals surface area contributed by atoms with Crippen LogP contribution in [0.15, 0.2) is 18.2 Å². The van der Waals surface area contributed by atoms with Gasteiger partial charge in [-0.25, -0.2) is 4.79 Å². The fraction of sp³-hybridized carbons (Fsp3) is 0.500. The highest BCUT2D eigenvalue weighted by molar-refractivity contribution is 5.90. The highest BCUT2D eigenvalue weighted by atomic mass is 19.4. The summed E-state index contributed by atoms with van der Waals surface area (Å²) in [7, 11) is 0. The number of hydrogen-bond donors (Lipinski definition) is 2. The largest absolute Gasteiger partial charge is 0.478 e. The maximum Gasteiger partial charge on any atom is 0.417 e. The molecule has 1 saturated carbocycles. The summed E-state index contributed by atoms with van der Waals surface area (Å²) in [6.07, 6.45) is -1.40. The van der Waals surface area contributed by atoms with Crippen molar-refractivity contribution in [1.82, 2.24) is 0 Å². The van der Waals surface area contributed by atoms with Gasteiger partial charge in [-0.15, -0.1) is 0 Å². The Bertz CT molecular complexity index is 510. The predicted molar refractivity (Wildman–Crippen MR) is 68.8 cm³/mol. The minimum Gasteiger partial charge on any atom is -0.478 e. The zero-order valence-electron chi connectivity index (χ0n) is 11.0. The molecule has 0 radical (unpaired) electrons. The Morgan fingerprint density at radius 2 is 2.10 bits per heavy atom. The number of hydrogen-bond acceptors (Lipinski definition) is 2. The highest BCUT2D eigenvalue weighted by Crippen LogP contribution is 2.36. The van der Waals surface area contributed by atoms with E-state index in [-0.39, 0.29) is 6.04 Å². The summed E-state index contributed by atoms with van der Waals surface area (Å²) < 4.78 is 38.6. The lowest BCUT2D eigenvalue weighted by atomic mass is 10.1. The van der Waals surface area contributed by atoms with Crippen molar-refractivity contribution in [3.8, 4) is 0 Å².